The Balaban J connectivity index is 1.21. The van der Waals surface area contributed by atoms with Crippen molar-refractivity contribution in [2.75, 3.05) is 5.75 Å². The number of para-hydroxylation sites is 2. The molecule has 4 aromatic rings. The van der Waals surface area contributed by atoms with Gasteiger partial charge in [0.2, 0.25) is 0 Å². The van der Waals surface area contributed by atoms with Gasteiger partial charge in [-0.05, 0) is 59.7 Å². The number of halogens is 1. The maximum atomic E-state index is 12.0. The first-order valence-corrected chi connectivity index (χ1v) is 11.2. The summed E-state index contributed by atoms with van der Waals surface area (Å²) in [5.41, 5.74) is 5.92. The van der Waals surface area contributed by atoms with Gasteiger partial charge in [0.1, 0.15) is 17.9 Å². The van der Waals surface area contributed by atoms with Gasteiger partial charge < -0.3 is 9.15 Å². The van der Waals surface area contributed by atoms with Crippen molar-refractivity contribution in [3.63, 3.8) is 0 Å². The molecule has 8 heteroatoms. The normalized spacial score (nSPS) is 11.1. The topological polar surface area (TPSA) is 76.7 Å². The Morgan fingerprint density at radius 3 is 2.65 bits per heavy atom. The average molecular weight is 496 g/mol. The molecular formula is C23H18BrN3O3S. The lowest BCUT2D eigenvalue weighted by Gasteiger charge is -2.06. The van der Waals surface area contributed by atoms with Gasteiger partial charge >= 0.3 is 0 Å². The van der Waals surface area contributed by atoms with E-state index in [1.165, 1.54) is 11.8 Å². The number of hydrazone groups is 1. The number of oxazole rings is 1. The summed E-state index contributed by atoms with van der Waals surface area (Å²) in [4.78, 5) is 16.3. The second-order valence-corrected chi connectivity index (χ2v) is 8.36. The van der Waals surface area contributed by atoms with Crippen LogP contribution in [0.4, 0.5) is 0 Å². The second-order valence-electron chi connectivity index (χ2n) is 6.51. The summed E-state index contributed by atoms with van der Waals surface area (Å²) in [5.74, 6) is 0.685. The van der Waals surface area contributed by atoms with Crippen LogP contribution in [0.2, 0.25) is 0 Å². The third-order valence-corrected chi connectivity index (χ3v) is 5.56. The number of fused-ring (bicyclic) bond motifs is 1. The standard InChI is InChI=1S/C23H18BrN3O3S/c24-18-9-5-17(6-10-18)14-29-19-11-7-16(8-12-19)13-25-27-22(28)15-31-23-26-20-3-1-2-4-21(20)30-23/h1-13H,14-15H2,(H,27,28)/b25-13-. The van der Waals surface area contributed by atoms with Crippen molar-refractivity contribution in [2.45, 2.75) is 11.8 Å². The monoisotopic (exact) mass is 495 g/mol. The Kier molecular flexibility index (Phi) is 7.01. The van der Waals surface area contributed by atoms with Gasteiger partial charge in [-0.15, -0.1) is 0 Å². The van der Waals surface area contributed by atoms with E-state index < -0.39 is 0 Å². The van der Waals surface area contributed by atoms with Gasteiger partial charge in [-0.1, -0.05) is 52.0 Å². The van der Waals surface area contributed by atoms with E-state index in [9.17, 15) is 4.79 Å². The first-order valence-electron chi connectivity index (χ1n) is 9.43. The number of amides is 1. The molecule has 31 heavy (non-hydrogen) atoms. The number of aromatic nitrogens is 1. The molecule has 1 heterocycles. The van der Waals surface area contributed by atoms with Gasteiger partial charge in [-0.3, -0.25) is 4.79 Å². The fourth-order valence-electron chi connectivity index (χ4n) is 2.65. The minimum atomic E-state index is -0.238. The SMILES string of the molecule is O=C(CSc1nc2ccccc2o1)N/N=C\c1ccc(OCc2ccc(Br)cc2)cc1. The van der Waals surface area contributed by atoms with Crippen molar-refractivity contribution in [3.05, 3.63) is 88.4 Å². The van der Waals surface area contributed by atoms with Crippen LogP contribution in [0.25, 0.3) is 11.1 Å². The minimum absolute atomic E-state index is 0.160. The molecule has 0 radical (unpaired) electrons. The molecule has 0 saturated heterocycles. The fourth-order valence-corrected chi connectivity index (χ4v) is 3.54. The highest BCUT2D eigenvalue weighted by atomic mass is 79.9. The van der Waals surface area contributed by atoms with Gasteiger partial charge in [0.05, 0.1) is 12.0 Å². The van der Waals surface area contributed by atoms with E-state index in [1.807, 2.05) is 72.8 Å². The van der Waals surface area contributed by atoms with Crippen molar-refractivity contribution in [1.29, 1.82) is 0 Å². The van der Waals surface area contributed by atoms with E-state index in [2.05, 4.69) is 31.4 Å². The van der Waals surface area contributed by atoms with Crippen LogP contribution in [0, 0.1) is 0 Å². The van der Waals surface area contributed by atoms with E-state index in [0.29, 0.717) is 17.4 Å². The van der Waals surface area contributed by atoms with Crippen LogP contribution in [-0.2, 0) is 11.4 Å². The van der Waals surface area contributed by atoms with E-state index in [0.717, 1.165) is 26.9 Å². The Morgan fingerprint density at radius 2 is 1.87 bits per heavy atom. The summed E-state index contributed by atoms with van der Waals surface area (Å²) in [5, 5.41) is 4.45. The summed E-state index contributed by atoms with van der Waals surface area (Å²) < 4.78 is 12.4. The lowest BCUT2D eigenvalue weighted by atomic mass is 10.2. The molecule has 0 fully saturated rings. The van der Waals surface area contributed by atoms with Gasteiger partial charge in [0.25, 0.3) is 11.1 Å². The Labute approximate surface area is 191 Å². The molecule has 0 unspecified atom stereocenters. The number of hydrogen-bond donors (Lipinski definition) is 1. The minimum Gasteiger partial charge on any atom is -0.489 e. The number of thioether (sulfide) groups is 1. The van der Waals surface area contributed by atoms with Crippen molar-refractivity contribution in [3.8, 4) is 5.75 Å². The molecule has 1 amide bonds. The Hall–Kier alpha value is -3.10. The highest BCUT2D eigenvalue weighted by molar-refractivity contribution is 9.10. The van der Waals surface area contributed by atoms with Crippen LogP contribution < -0.4 is 10.2 Å². The summed E-state index contributed by atoms with van der Waals surface area (Å²) in [6.07, 6.45) is 1.58. The fraction of sp³-hybridized carbons (Fsp3) is 0.0870. The lowest BCUT2D eigenvalue weighted by molar-refractivity contribution is -0.118. The molecule has 0 bridgehead atoms. The summed E-state index contributed by atoms with van der Waals surface area (Å²) >= 11 is 4.64. The van der Waals surface area contributed by atoms with E-state index in [-0.39, 0.29) is 11.7 Å². The average Bonchev–Trinajstić information content (AvgIpc) is 3.21. The molecule has 6 nitrogen and oxygen atoms in total. The van der Waals surface area contributed by atoms with E-state index >= 15 is 0 Å². The number of benzene rings is 3. The first-order chi connectivity index (χ1) is 15.2. The van der Waals surface area contributed by atoms with Crippen molar-refractivity contribution in [2.24, 2.45) is 5.10 Å². The molecule has 0 atom stereocenters. The van der Waals surface area contributed by atoms with Gasteiger partial charge in [0.15, 0.2) is 5.58 Å². The quantitative estimate of drug-likeness (QED) is 0.201. The molecule has 156 valence electrons. The van der Waals surface area contributed by atoms with Gasteiger partial charge in [0, 0.05) is 4.47 Å². The maximum absolute atomic E-state index is 12.0. The molecule has 4 rings (SSSR count). The third kappa shape index (κ3) is 6.19. The number of nitrogens with zero attached hydrogens (tertiary/aromatic N) is 2. The van der Waals surface area contributed by atoms with Crippen molar-refractivity contribution in [1.82, 2.24) is 10.4 Å². The van der Waals surface area contributed by atoms with Crippen LogP contribution in [0.15, 0.2) is 92.0 Å². The zero-order chi connectivity index (χ0) is 21.5. The molecule has 1 aromatic heterocycles. The maximum Gasteiger partial charge on any atom is 0.257 e. The van der Waals surface area contributed by atoms with Crippen LogP contribution in [0.1, 0.15) is 11.1 Å². The van der Waals surface area contributed by atoms with Crippen LogP contribution >= 0.6 is 27.7 Å². The van der Waals surface area contributed by atoms with Crippen LogP contribution in [-0.4, -0.2) is 22.9 Å². The van der Waals surface area contributed by atoms with E-state index in [1.54, 1.807) is 6.21 Å². The molecule has 3 aromatic carbocycles. The number of rotatable bonds is 8. The third-order valence-electron chi connectivity index (χ3n) is 4.20. The molecule has 0 aliphatic heterocycles. The van der Waals surface area contributed by atoms with Gasteiger partial charge in [-0.2, -0.15) is 5.10 Å². The first kappa shape index (κ1) is 21.1. The molecular weight excluding hydrogens is 478 g/mol. The van der Waals surface area contributed by atoms with Crippen molar-refractivity contribution < 1.29 is 13.9 Å². The predicted octanol–water partition coefficient (Wildman–Crippen LogP) is 5.41. The van der Waals surface area contributed by atoms with Crippen LogP contribution in [0.5, 0.6) is 5.75 Å². The lowest BCUT2D eigenvalue weighted by Crippen LogP contribution is -2.19. The highest BCUT2D eigenvalue weighted by Gasteiger charge is 2.08. The summed E-state index contributed by atoms with van der Waals surface area (Å²) in [6, 6.07) is 22.9. The Bertz CT molecular complexity index is 1160. The van der Waals surface area contributed by atoms with Crippen LogP contribution in [0.3, 0.4) is 0 Å². The molecule has 0 spiro atoms. The smallest absolute Gasteiger partial charge is 0.257 e. The van der Waals surface area contributed by atoms with E-state index in [4.69, 9.17) is 9.15 Å². The largest absolute Gasteiger partial charge is 0.489 e. The zero-order valence-corrected chi connectivity index (χ0v) is 18.7. The number of hydrogen-bond acceptors (Lipinski definition) is 6. The van der Waals surface area contributed by atoms with Crippen molar-refractivity contribution >= 4 is 50.9 Å². The summed E-state index contributed by atoms with van der Waals surface area (Å²) in [7, 11) is 0. The number of carbonyl (C=O) groups excluding carboxylic acids is 1. The second kappa shape index (κ2) is 10.3. The molecule has 1 N–H and O–H groups in total. The molecule has 0 aliphatic rings. The zero-order valence-electron chi connectivity index (χ0n) is 16.3. The highest BCUT2D eigenvalue weighted by Crippen LogP contribution is 2.22. The van der Waals surface area contributed by atoms with Gasteiger partial charge in [-0.25, -0.2) is 10.4 Å². The predicted molar refractivity (Wildman–Crippen MR) is 125 cm³/mol. The Morgan fingerprint density at radius 1 is 1.10 bits per heavy atom. The number of carbonyl (C=O) groups is 1. The molecule has 0 aliphatic carbocycles. The number of ether oxygens (including phenoxy) is 1. The molecule has 0 saturated carbocycles. The summed E-state index contributed by atoms with van der Waals surface area (Å²) in [6.45, 7) is 0.495. The number of nitrogens with one attached hydrogen (secondary N) is 1.